The molecule has 1 aliphatic rings. The van der Waals surface area contributed by atoms with Gasteiger partial charge in [0.25, 0.3) is 0 Å². The van der Waals surface area contributed by atoms with E-state index < -0.39 is 10.0 Å². The molecule has 0 aromatic heterocycles. The van der Waals surface area contributed by atoms with Gasteiger partial charge in [-0.1, -0.05) is 32.9 Å². The number of halogens is 1. The standard InChI is InChI=1S/C16H26N2O2S.ClH/c1-4-16(2,3)13-7-9-15(10-8-13)21(19,20)18-11-5-6-14(18)12-17;/h7-10,14H,4-6,11-12,17H2,1-3H3;1H. The number of hydrogen-bond acceptors (Lipinski definition) is 3. The van der Waals surface area contributed by atoms with Gasteiger partial charge in [-0.2, -0.15) is 4.31 Å². The average Bonchev–Trinajstić information content (AvgIpc) is 2.96. The lowest BCUT2D eigenvalue weighted by Crippen LogP contribution is -2.39. The van der Waals surface area contributed by atoms with Crippen molar-refractivity contribution in [2.45, 2.75) is 56.4 Å². The Labute approximate surface area is 140 Å². The van der Waals surface area contributed by atoms with Crippen LogP contribution >= 0.6 is 12.4 Å². The summed E-state index contributed by atoms with van der Waals surface area (Å²) in [5, 5.41) is 0. The first-order chi connectivity index (χ1) is 9.82. The van der Waals surface area contributed by atoms with Crippen molar-refractivity contribution < 1.29 is 8.42 Å². The SMILES string of the molecule is CCC(C)(C)c1ccc(S(=O)(=O)N2CCCC2CN)cc1.Cl. The maximum atomic E-state index is 12.7. The fourth-order valence-electron chi connectivity index (χ4n) is 2.78. The third-order valence-corrected chi connectivity index (χ3v) is 6.69. The molecule has 2 N–H and O–H groups in total. The summed E-state index contributed by atoms with van der Waals surface area (Å²) in [5.41, 5.74) is 6.92. The number of rotatable bonds is 5. The number of hydrogen-bond donors (Lipinski definition) is 1. The molecule has 0 amide bonds. The molecule has 1 aliphatic heterocycles. The zero-order valence-electron chi connectivity index (χ0n) is 13.6. The second kappa shape index (κ2) is 7.30. The van der Waals surface area contributed by atoms with Crippen LogP contribution in [0.5, 0.6) is 0 Å². The number of nitrogens with two attached hydrogens (primary N) is 1. The van der Waals surface area contributed by atoms with Crippen molar-refractivity contribution in [3.8, 4) is 0 Å². The Morgan fingerprint density at radius 1 is 1.27 bits per heavy atom. The fourth-order valence-corrected chi connectivity index (χ4v) is 4.48. The van der Waals surface area contributed by atoms with E-state index >= 15 is 0 Å². The van der Waals surface area contributed by atoms with Gasteiger partial charge in [-0.25, -0.2) is 8.42 Å². The molecule has 1 unspecified atom stereocenters. The zero-order valence-corrected chi connectivity index (χ0v) is 15.2. The van der Waals surface area contributed by atoms with E-state index in [1.807, 2.05) is 12.1 Å². The minimum Gasteiger partial charge on any atom is -0.329 e. The van der Waals surface area contributed by atoms with E-state index in [1.165, 1.54) is 5.56 Å². The van der Waals surface area contributed by atoms with Gasteiger partial charge in [-0.15, -0.1) is 12.4 Å². The van der Waals surface area contributed by atoms with Crippen molar-refractivity contribution in [1.29, 1.82) is 0 Å². The van der Waals surface area contributed by atoms with Crippen LogP contribution in [0.15, 0.2) is 29.2 Å². The zero-order chi connectivity index (χ0) is 15.7. The van der Waals surface area contributed by atoms with Crippen LogP contribution in [0.4, 0.5) is 0 Å². The highest BCUT2D eigenvalue weighted by Crippen LogP contribution is 2.30. The summed E-state index contributed by atoms with van der Waals surface area (Å²) in [6.07, 6.45) is 2.76. The molecule has 2 rings (SSSR count). The molecule has 0 radical (unpaired) electrons. The second-order valence-electron chi connectivity index (χ2n) is 6.41. The van der Waals surface area contributed by atoms with Gasteiger partial charge in [-0.05, 0) is 42.4 Å². The maximum Gasteiger partial charge on any atom is 0.243 e. The molecule has 0 saturated carbocycles. The lowest BCUT2D eigenvalue weighted by molar-refractivity contribution is 0.393. The second-order valence-corrected chi connectivity index (χ2v) is 8.30. The summed E-state index contributed by atoms with van der Waals surface area (Å²) >= 11 is 0. The molecule has 6 heteroatoms. The Kier molecular flexibility index (Phi) is 6.45. The molecule has 1 fully saturated rings. The largest absolute Gasteiger partial charge is 0.329 e. The molecule has 4 nitrogen and oxygen atoms in total. The Hall–Kier alpha value is -0.620. The first kappa shape index (κ1) is 19.4. The van der Waals surface area contributed by atoms with Gasteiger partial charge in [0.05, 0.1) is 4.90 Å². The van der Waals surface area contributed by atoms with Gasteiger partial charge < -0.3 is 5.73 Å². The van der Waals surface area contributed by atoms with E-state index in [0.29, 0.717) is 18.0 Å². The topological polar surface area (TPSA) is 63.4 Å². The van der Waals surface area contributed by atoms with Crippen LogP contribution in [0.25, 0.3) is 0 Å². The Bertz CT molecular complexity index is 585. The van der Waals surface area contributed by atoms with E-state index in [1.54, 1.807) is 16.4 Å². The number of sulfonamides is 1. The predicted octanol–water partition coefficient (Wildman–Crippen LogP) is 2.91. The van der Waals surface area contributed by atoms with Crippen molar-refractivity contribution in [2.24, 2.45) is 5.73 Å². The molecule has 1 heterocycles. The Balaban J connectivity index is 0.00000242. The highest BCUT2D eigenvalue weighted by molar-refractivity contribution is 7.89. The van der Waals surface area contributed by atoms with Gasteiger partial charge in [0.2, 0.25) is 10.0 Å². The molecule has 22 heavy (non-hydrogen) atoms. The van der Waals surface area contributed by atoms with Gasteiger partial charge in [-0.3, -0.25) is 0 Å². The van der Waals surface area contributed by atoms with Crippen molar-refractivity contribution in [1.82, 2.24) is 4.31 Å². The highest BCUT2D eigenvalue weighted by Gasteiger charge is 2.34. The van der Waals surface area contributed by atoms with Crippen molar-refractivity contribution >= 4 is 22.4 Å². The van der Waals surface area contributed by atoms with Crippen LogP contribution in [-0.2, 0) is 15.4 Å². The normalized spacial score (nSPS) is 19.9. The molecule has 0 bridgehead atoms. The monoisotopic (exact) mass is 346 g/mol. The molecule has 0 spiro atoms. The summed E-state index contributed by atoms with van der Waals surface area (Å²) in [6.45, 7) is 7.44. The smallest absolute Gasteiger partial charge is 0.243 e. The van der Waals surface area contributed by atoms with Crippen molar-refractivity contribution in [2.75, 3.05) is 13.1 Å². The Morgan fingerprint density at radius 3 is 2.36 bits per heavy atom. The minimum absolute atomic E-state index is 0. The van der Waals surface area contributed by atoms with Crippen molar-refractivity contribution in [3.63, 3.8) is 0 Å². The van der Waals surface area contributed by atoms with Crippen LogP contribution in [0.2, 0.25) is 0 Å². The number of benzene rings is 1. The Morgan fingerprint density at radius 2 is 1.86 bits per heavy atom. The lowest BCUT2D eigenvalue weighted by Gasteiger charge is -2.25. The van der Waals surface area contributed by atoms with E-state index in [0.717, 1.165) is 19.3 Å². The fraction of sp³-hybridized carbons (Fsp3) is 0.625. The van der Waals surface area contributed by atoms with Crippen LogP contribution in [0, 0.1) is 0 Å². The minimum atomic E-state index is -3.42. The third-order valence-electron chi connectivity index (χ3n) is 4.72. The summed E-state index contributed by atoms with van der Waals surface area (Å²) in [4.78, 5) is 0.374. The molecular formula is C16H27ClN2O2S. The van der Waals surface area contributed by atoms with Gasteiger partial charge in [0, 0.05) is 19.1 Å². The molecular weight excluding hydrogens is 320 g/mol. The van der Waals surface area contributed by atoms with Crippen LogP contribution < -0.4 is 5.73 Å². The molecule has 1 aromatic carbocycles. The quantitative estimate of drug-likeness (QED) is 0.891. The summed E-state index contributed by atoms with van der Waals surface area (Å²) in [7, 11) is -3.42. The molecule has 1 aromatic rings. The number of nitrogens with zero attached hydrogens (tertiary/aromatic N) is 1. The molecule has 126 valence electrons. The van der Waals surface area contributed by atoms with Crippen LogP contribution in [0.1, 0.15) is 45.6 Å². The first-order valence-corrected chi connectivity index (χ1v) is 9.09. The predicted molar refractivity (Wildman–Crippen MR) is 93.0 cm³/mol. The maximum absolute atomic E-state index is 12.7. The van der Waals surface area contributed by atoms with E-state index in [2.05, 4.69) is 20.8 Å². The summed E-state index contributed by atoms with van der Waals surface area (Å²) < 4.78 is 27.0. The van der Waals surface area contributed by atoms with Gasteiger partial charge >= 0.3 is 0 Å². The highest BCUT2D eigenvalue weighted by atomic mass is 35.5. The van der Waals surface area contributed by atoms with Gasteiger partial charge in [0.1, 0.15) is 0 Å². The molecule has 1 saturated heterocycles. The van der Waals surface area contributed by atoms with Crippen LogP contribution in [-0.4, -0.2) is 31.9 Å². The third kappa shape index (κ3) is 3.65. The first-order valence-electron chi connectivity index (χ1n) is 7.65. The molecule has 1 atom stereocenters. The van der Waals surface area contributed by atoms with Crippen molar-refractivity contribution in [3.05, 3.63) is 29.8 Å². The van der Waals surface area contributed by atoms with E-state index in [-0.39, 0.29) is 23.9 Å². The van der Waals surface area contributed by atoms with Gasteiger partial charge in [0.15, 0.2) is 0 Å². The lowest BCUT2D eigenvalue weighted by atomic mass is 9.82. The summed E-state index contributed by atoms with van der Waals surface area (Å²) in [5.74, 6) is 0. The van der Waals surface area contributed by atoms with Crippen LogP contribution in [0.3, 0.4) is 0 Å². The summed E-state index contributed by atoms with van der Waals surface area (Å²) in [6, 6.07) is 7.28. The van der Waals surface area contributed by atoms with E-state index in [9.17, 15) is 8.42 Å². The average molecular weight is 347 g/mol. The van der Waals surface area contributed by atoms with E-state index in [4.69, 9.17) is 5.73 Å². The molecule has 0 aliphatic carbocycles.